The zero-order valence-electron chi connectivity index (χ0n) is 19.0. The Bertz CT molecular complexity index is 742. The lowest BCUT2D eigenvalue weighted by Gasteiger charge is -2.28. The highest BCUT2D eigenvalue weighted by atomic mass is 16.5. The molecule has 0 saturated heterocycles. The maximum absolute atomic E-state index is 12.1. The summed E-state index contributed by atoms with van der Waals surface area (Å²) < 4.78 is 5.66. The van der Waals surface area contributed by atoms with Gasteiger partial charge >= 0.3 is 11.9 Å². The highest BCUT2D eigenvalue weighted by molar-refractivity contribution is 6.14. The van der Waals surface area contributed by atoms with Crippen molar-refractivity contribution >= 4 is 29.7 Å². The summed E-state index contributed by atoms with van der Waals surface area (Å²) in [4.78, 5) is 58.3. The van der Waals surface area contributed by atoms with E-state index in [1.165, 1.54) is 0 Å². The van der Waals surface area contributed by atoms with Crippen LogP contribution in [-0.4, -0.2) is 83.7 Å². The first-order chi connectivity index (χ1) is 14.7. The van der Waals surface area contributed by atoms with Crippen molar-refractivity contribution < 1.29 is 38.9 Å². The predicted molar refractivity (Wildman–Crippen MR) is 114 cm³/mol. The van der Waals surface area contributed by atoms with E-state index in [4.69, 9.17) is 9.84 Å². The van der Waals surface area contributed by atoms with Crippen molar-refractivity contribution in [3.8, 4) is 0 Å². The summed E-state index contributed by atoms with van der Waals surface area (Å²) in [6.45, 7) is 8.38. The van der Waals surface area contributed by atoms with Crippen LogP contribution >= 0.6 is 0 Å². The Morgan fingerprint density at radius 2 is 1.59 bits per heavy atom. The number of carboxylic acids is 2. The van der Waals surface area contributed by atoms with Crippen LogP contribution < -0.4 is 10.6 Å². The molecule has 0 radical (unpaired) electrons. The molecule has 0 fully saturated rings. The Morgan fingerprint density at radius 1 is 1.03 bits per heavy atom. The van der Waals surface area contributed by atoms with Crippen LogP contribution in [0.4, 0.5) is 0 Å². The van der Waals surface area contributed by atoms with Crippen molar-refractivity contribution in [2.24, 2.45) is 10.8 Å². The van der Waals surface area contributed by atoms with E-state index >= 15 is 0 Å². The lowest BCUT2D eigenvalue weighted by Crippen LogP contribution is -2.50. The molecule has 0 aromatic carbocycles. The Kier molecular flexibility index (Phi) is 9.98. The summed E-state index contributed by atoms with van der Waals surface area (Å²) in [5.74, 6) is -3.82. The number of aliphatic carboxylic acids is 2. The lowest BCUT2D eigenvalue weighted by molar-refractivity contribution is -0.153. The van der Waals surface area contributed by atoms with Crippen LogP contribution in [0, 0.1) is 10.8 Å². The predicted octanol–water partition coefficient (Wildman–Crippen LogP) is 0.00420. The summed E-state index contributed by atoms with van der Waals surface area (Å²) in [7, 11) is 0. The van der Waals surface area contributed by atoms with Gasteiger partial charge in [0.15, 0.2) is 0 Å². The van der Waals surface area contributed by atoms with Crippen LogP contribution in [0.25, 0.3) is 0 Å². The van der Waals surface area contributed by atoms with Gasteiger partial charge in [0.2, 0.25) is 5.91 Å². The molecule has 3 amide bonds. The lowest BCUT2D eigenvalue weighted by atomic mass is 9.90. The van der Waals surface area contributed by atoms with Crippen LogP contribution in [0.2, 0.25) is 0 Å². The van der Waals surface area contributed by atoms with Gasteiger partial charge in [-0.25, -0.2) is 4.79 Å². The molecule has 11 heteroatoms. The molecule has 0 aromatic rings. The van der Waals surface area contributed by atoms with Gasteiger partial charge in [-0.1, -0.05) is 27.7 Å². The van der Waals surface area contributed by atoms with E-state index in [1.807, 2.05) is 27.7 Å². The summed E-state index contributed by atoms with van der Waals surface area (Å²) in [6.07, 6.45) is 2.11. The van der Waals surface area contributed by atoms with E-state index in [0.717, 1.165) is 12.2 Å². The molecule has 1 unspecified atom stereocenters. The smallest absolute Gasteiger partial charge is 0.328 e. The molecule has 0 spiro atoms. The van der Waals surface area contributed by atoms with Crippen molar-refractivity contribution in [2.45, 2.75) is 46.6 Å². The first-order valence-electron chi connectivity index (χ1n) is 10.3. The Balaban J connectivity index is 2.32. The van der Waals surface area contributed by atoms with Gasteiger partial charge in [-0.3, -0.25) is 24.1 Å². The quantitative estimate of drug-likeness (QED) is 0.197. The third kappa shape index (κ3) is 9.56. The first-order valence-corrected chi connectivity index (χ1v) is 10.3. The Morgan fingerprint density at radius 3 is 2.12 bits per heavy atom. The molecule has 0 aliphatic carbocycles. The standard InChI is InChI=1S/C21H33N3O8/c1-20(2,9-18(28)29)12-32-13-21(3,4)11-23-15(25)7-8-22-10-14(19(30)31)24-16(26)5-6-17(24)27/h5-6,14,22H,7-13H2,1-4H3,(H,23,25)(H,28,29)(H,30,31). The van der Waals surface area contributed by atoms with Crippen LogP contribution in [0.15, 0.2) is 12.2 Å². The fourth-order valence-electron chi connectivity index (χ4n) is 2.99. The minimum atomic E-state index is -1.35. The van der Waals surface area contributed by atoms with E-state index in [1.54, 1.807) is 0 Å². The molecule has 11 nitrogen and oxygen atoms in total. The fraction of sp³-hybridized carbons (Fsp3) is 0.667. The van der Waals surface area contributed by atoms with Gasteiger partial charge in [-0.15, -0.1) is 0 Å². The average molecular weight is 456 g/mol. The van der Waals surface area contributed by atoms with E-state index in [2.05, 4.69) is 10.6 Å². The fourth-order valence-corrected chi connectivity index (χ4v) is 2.99. The minimum absolute atomic E-state index is 0.00348. The molecule has 1 atom stereocenters. The molecule has 32 heavy (non-hydrogen) atoms. The van der Waals surface area contributed by atoms with Crippen LogP contribution in [0.5, 0.6) is 0 Å². The normalized spacial score (nSPS) is 15.2. The van der Waals surface area contributed by atoms with Gasteiger partial charge in [-0.05, 0) is 5.41 Å². The van der Waals surface area contributed by atoms with Crippen LogP contribution in [0.1, 0.15) is 40.5 Å². The number of rotatable bonds is 15. The highest BCUT2D eigenvalue weighted by Crippen LogP contribution is 2.22. The average Bonchev–Trinajstić information content (AvgIpc) is 2.97. The van der Waals surface area contributed by atoms with Gasteiger partial charge in [-0.2, -0.15) is 0 Å². The number of carbonyl (C=O) groups is 5. The topological polar surface area (TPSA) is 162 Å². The number of amides is 3. The minimum Gasteiger partial charge on any atom is -0.481 e. The largest absolute Gasteiger partial charge is 0.481 e. The molecule has 1 heterocycles. The van der Waals surface area contributed by atoms with E-state index in [9.17, 15) is 29.1 Å². The van der Waals surface area contributed by atoms with Gasteiger partial charge < -0.3 is 25.6 Å². The second-order valence-electron chi connectivity index (χ2n) is 9.36. The van der Waals surface area contributed by atoms with Crippen LogP contribution in [-0.2, 0) is 28.7 Å². The van der Waals surface area contributed by atoms with E-state index < -0.39 is 35.2 Å². The molecule has 1 aliphatic rings. The highest BCUT2D eigenvalue weighted by Gasteiger charge is 2.35. The van der Waals surface area contributed by atoms with E-state index in [-0.39, 0.29) is 43.9 Å². The number of imide groups is 1. The Hall–Kier alpha value is -2.79. The van der Waals surface area contributed by atoms with Gasteiger partial charge in [0.25, 0.3) is 11.8 Å². The van der Waals surface area contributed by atoms with Crippen molar-refractivity contribution in [1.29, 1.82) is 0 Å². The SMILES string of the molecule is CC(C)(CNC(=O)CCNCC(C(=O)O)N1C(=O)C=CC1=O)COCC(C)(C)CC(=O)O. The molecular weight excluding hydrogens is 422 g/mol. The summed E-state index contributed by atoms with van der Waals surface area (Å²) >= 11 is 0. The van der Waals surface area contributed by atoms with Crippen molar-refractivity contribution in [3.05, 3.63) is 12.2 Å². The molecule has 1 aliphatic heterocycles. The first kappa shape index (κ1) is 27.2. The molecular formula is C21H33N3O8. The monoisotopic (exact) mass is 455 g/mol. The maximum Gasteiger partial charge on any atom is 0.328 e. The number of carboxylic acid groups (broad SMARTS) is 2. The maximum atomic E-state index is 12.1. The zero-order valence-corrected chi connectivity index (χ0v) is 19.0. The van der Waals surface area contributed by atoms with E-state index in [0.29, 0.717) is 18.1 Å². The number of hydrogen-bond acceptors (Lipinski definition) is 7. The van der Waals surface area contributed by atoms with Gasteiger partial charge in [0, 0.05) is 43.6 Å². The molecule has 0 aromatic heterocycles. The second-order valence-corrected chi connectivity index (χ2v) is 9.36. The zero-order chi connectivity index (χ0) is 24.5. The third-order valence-electron chi connectivity index (χ3n) is 4.69. The van der Waals surface area contributed by atoms with Crippen molar-refractivity contribution in [2.75, 3.05) is 32.8 Å². The summed E-state index contributed by atoms with van der Waals surface area (Å²) in [5.41, 5.74) is -0.870. The third-order valence-corrected chi connectivity index (χ3v) is 4.69. The number of nitrogens with one attached hydrogen (secondary N) is 2. The van der Waals surface area contributed by atoms with Crippen LogP contribution in [0.3, 0.4) is 0 Å². The molecule has 0 bridgehead atoms. The molecule has 0 saturated carbocycles. The van der Waals surface area contributed by atoms with Gasteiger partial charge in [0.05, 0.1) is 19.6 Å². The Labute approximate surface area is 187 Å². The number of ether oxygens (including phenoxy) is 1. The molecule has 180 valence electrons. The molecule has 1 rings (SSSR count). The molecule has 4 N–H and O–H groups in total. The van der Waals surface area contributed by atoms with Crippen molar-refractivity contribution in [3.63, 3.8) is 0 Å². The number of nitrogens with zero attached hydrogens (tertiary/aromatic N) is 1. The summed E-state index contributed by atoms with van der Waals surface area (Å²) in [5, 5.41) is 23.8. The second kappa shape index (κ2) is 11.7. The van der Waals surface area contributed by atoms with Gasteiger partial charge in [0.1, 0.15) is 6.04 Å². The number of carbonyl (C=O) groups excluding carboxylic acids is 3. The number of hydrogen-bond donors (Lipinski definition) is 4. The van der Waals surface area contributed by atoms with Crippen molar-refractivity contribution in [1.82, 2.24) is 15.5 Å². The summed E-state index contributed by atoms with van der Waals surface area (Å²) in [6, 6.07) is -1.35.